The molecule has 0 saturated carbocycles. The molecule has 2 atom stereocenters. The second-order valence-corrected chi connectivity index (χ2v) is 8.04. The van der Waals surface area contributed by atoms with Gasteiger partial charge in [-0.25, -0.2) is 12.8 Å². The van der Waals surface area contributed by atoms with Gasteiger partial charge in [-0.3, -0.25) is 0 Å². The average molecular weight is 351 g/mol. The van der Waals surface area contributed by atoms with Crippen LogP contribution in [0.3, 0.4) is 0 Å². The SMILES string of the molecule is O=S1(=O)CCC(C(CO)Cc2cccc(F)c2Br)C1. The summed E-state index contributed by atoms with van der Waals surface area (Å²) in [6.45, 7) is -0.0802. The summed E-state index contributed by atoms with van der Waals surface area (Å²) in [6.07, 6.45) is 1.07. The van der Waals surface area contributed by atoms with Crippen LogP contribution in [0.2, 0.25) is 0 Å². The Kier molecular flexibility index (Phi) is 4.63. The molecule has 1 N–H and O–H groups in total. The Balaban J connectivity index is 2.14. The Morgan fingerprint density at radius 3 is 2.79 bits per heavy atom. The Morgan fingerprint density at radius 1 is 1.47 bits per heavy atom. The van der Waals surface area contributed by atoms with Crippen molar-refractivity contribution in [2.45, 2.75) is 12.8 Å². The van der Waals surface area contributed by atoms with Crippen LogP contribution in [-0.2, 0) is 16.3 Å². The van der Waals surface area contributed by atoms with Crippen LogP contribution in [0.1, 0.15) is 12.0 Å². The zero-order valence-corrected chi connectivity index (χ0v) is 12.8. The van der Waals surface area contributed by atoms with Gasteiger partial charge in [-0.2, -0.15) is 0 Å². The van der Waals surface area contributed by atoms with Crippen LogP contribution in [0.25, 0.3) is 0 Å². The van der Waals surface area contributed by atoms with Gasteiger partial charge in [-0.15, -0.1) is 0 Å². The van der Waals surface area contributed by atoms with Crippen LogP contribution in [0, 0.1) is 17.7 Å². The van der Waals surface area contributed by atoms with Crippen LogP contribution < -0.4 is 0 Å². The van der Waals surface area contributed by atoms with Crippen molar-refractivity contribution in [2.24, 2.45) is 11.8 Å². The number of hydrogen-bond acceptors (Lipinski definition) is 3. The van der Waals surface area contributed by atoms with E-state index >= 15 is 0 Å². The van der Waals surface area contributed by atoms with Crippen molar-refractivity contribution in [3.63, 3.8) is 0 Å². The highest BCUT2D eigenvalue weighted by atomic mass is 79.9. The minimum atomic E-state index is -2.96. The van der Waals surface area contributed by atoms with Crippen molar-refractivity contribution in [1.82, 2.24) is 0 Å². The summed E-state index contributed by atoms with van der Waals surface area (Å²) < 4.78 is 36.8. The van der Waals surface area contributed by atoms with Crippen molar-refractivity contribution >= 4 is 25.8 Å². The molecule has 0 bridgehead atoms. The van der Waals surface area contributed by atoms with E-state index in [1.165, 1.54) is 6.07 Å². The second kappa shape index (κ2) is 5.89. The fourth-order valence-electron chi connectivity index (χ4n) is 2.56. The number of benzene rings is 1. The van der Waals surface area contributed by atoms with Gasteiger partial charge in [0, 0.05) is 6.61 Å². The molecule has 0 aromatic heterocycles. The molecule has 1 aromatic rings. The Hall–Kier alpha value is -0.460. The highest BCUT2D eigenvalue weighted by molar-refractivity contribution is 9.10. The van der Waals surface area contributed by atoms with Gasteiger partial charge in [-0.05, 0) is 52.2 Å². The van der Waals surface area contributed by atoms with Crippen molar-refractivity contribution in [1.29, 1.82) is 0 Å². The summed E-state index contributed by atoms with van der Waals surface area (Å²) >= 11 is 3.19. The summed E-state index contributed by atoms with van der Waals surface area (Å²) in [5, 5.41) is 9.47. The molecular weight excluding hydrogens is 335 g/mol. The summed E-state index contributed by atoms with van der Waals surface area (Å²) in [6, 6.07) is 4.77. The maximum atomic E-state index is 13.4. The van der Waals surface area contributed by atoms with Crippen molar-refractivity contribution in [3.05, 3.63) is 34.1 Å². The highest BCUT2D eigenvalue weighted by Crippen LogP contribution is 2.31. The van der Waals surface area contributed by atoms with Crippen LogP contribution >= 0.6 is 15.9 Å². The van der Waals surface area contributed by atoms with Crippen LogP contribution in [-0.4, -0.2) is 31.6 Å². The molecule has 0 amide bonds. The van der Waals surface area contributed by atoms with Gasteiger partial charge in [0.25, 0.3) is 0 Å². The average Bonchev–Trinajstić information content (AvgIpc) is 2.71. The molecule has 1 fully saturated rings. The molecule has 0 radical (unpaired) electrons. The van der Waals surface area contributed by atoms with E-state index in [0.29, 0.717) is 17.3 Å². The van der Waals surface area contributed by atoms with E-state index in [1.807, 2.05) is 0 Å². The Bertz CT molecular complexity index is 559. The first-order valence-corrected chi connectivity index (χ1v) is 8.78. The van der Waals surface area contributed by atoms with Crippen LogP contribution in [0.15, 0.2) is 22.7 Å². The van der Waals surface area contributed by atoms with Gasteiger partial charge in [0.2, 0.25) is 0 Å². The zero-order chi connectivity index (χ0) is 14.0. The summed E-state index contributed by atoms with van der Waals surface area (Å²) in [4.78, 5) is 0. The van der Waals surface area contributed by atoms with E-state index in [2.05, 4.69) is 15.9 Å². The minimum Gasteiger partial charge on any atom is -0.396 e. The topological polar surface area (TPSA) is 54.4 Å². The molecule has 1 heterocycles. The Morgan fingerprint density at radius 2 is 2.21 bits per heavy atom. The zero-order valence-electron chi connectivity index (χ0n) is 10.4. The maximum absolute atomic E-state index is 13.4. The normalized spacial score (nSPS) is 23.4. The first-order valence-electron chi connectivity index (χ1n) is 6.17. The number of aliphatic hydroxyl groups excluding tert-OH is 1. The van der Waals surface area contributed by atoms with E-state index in [0.717, 1.165) is 5.56 Å². The number of halogens is 2. The van der Waals surface area contributed by atoms with Crippen LogP contribution in [0.4, 0.5) is 4.39 Å². The molecule has 6 heteroatoms. The van der Waals surface area contributed by atoms with Crippen molar-refractivity contribution in [2.75, 3.05) is 18.1 Å². The minimum absolute atomic E-state index is 0.0369. The Labute approximate surface area is 120 Å². The number of rotatable bonds is 4. The molecule has 1 aromatic carbocycles. The first-order chi connectivity index (χ1) is 8.93. The van der Waals surface area contributed by atoms with E-state index < -0.39 is 9.84 Å². The quantitative estimate of drug-likeness (QED) is 0.905. The molecular formula is C13H16BrFO3S. The standard InChI is InChI=1S/C13H16BrFO3S/c14-13-9(2-1-3-12(13)15)6-11(7-16)10-4-5-19(17,18)8-10/h1-3,10-11,16H,4-8H2. The highest BCUT2D eigenvalue weighted by Gasteiger charge is 2.33. The lowest BCUT2D eigenvalue weighted by atomic mass is 9.87. The van der Waals surface area contributed by atoms with Gasteiger partial charge in [0.15, 0.2) is 9.84 Å². The molecule has 0 spiro atoms. The summed E-state index contributed by atoms with van der Waals surface area (Å²) in [5.74, 6) is -0.197. The van der Waals surface area contributed by atoms with E-state index in [1.54, 1.807) is 12.1 Å². The monoisotopic (exact) mass is 350 g/mol. The fourth-order valence-corrected chi connectivity index (χ4v) is 4.91. The molecule has 19 heavy (non-hydrogen) atoms. The predicted octanol–water partition coefficient (Wildman–Crippen LogP) is 2.17. The van der Waals surface area contributed by atoms with Gasteiger partial charge in [0.05, 0.1) is 16.0 Å². The summed E-state index contributed by atoms with van der Waals surface area (Å²) in [5.41, 5.74) is 0.767. The number of aliphatic hydroxyl groups is 1. The van der Waals surface area contributed by atoms with Gasteiger partial charge in [-0.1, -0.05) is 12.1 Å². The smallest absolute Gasteiger partial charge is 0.150 e. The molecule has 3 nitrogen and oxygen atoms in total. The summed E-state index contributed by atoms with van der Waals surface area (Å²) in [7, 11) is -2.96. The van der Waals surface area contributed by atoms with Gasteiger partial charge >= 0.3 is 0 Å². The third-order valence-electron chi connectivity index (χ3n) is 3.68. The molecule has 0 aliphatic carbocycles. The third kappa shape index (κ3) is 3.55. The van der Waals surface area contributed by atoms with Crippen molar-refractivity contribution < 1.29 is 17.9 Å². The van der Waals surface area contributed by atoms with E-state index in [9.17, 15) is 17.9 Å². The predicted molar refractivity (Wildman–Crippen MR) is 75.1 cm³/mol. The molecule has 106 valence electrons. The molecule has 1 aliphatic heterocycles. The lowest BCUT2D eigenvalue weighted by Crippen LogP contribution is -2.22. The lowest BCUT2D eigenvalue weighted by Gasteiger charge is -2.21. The third-order valence-corrected chi connectivity index (χ3v) is 6.36. The molecule has 1 aliphatic rings. The molecule has 2 unspecified atom stereocenters. The van der Waals surface area contributed by atoms with Gasteiger partial charge in [0.1, 0.15) is 5.82 Å². The fraction of sp³-hybridized carbons (Fsp3) is 0.538. The number of sulfone groups is 1. The lowest BCUT2D eigenvalue weighted by molar-refractivity contribution is 0.183. The van der Waals surface area contributed by atoms with Crippen LogP contribution in [0.5, 0.6) is 0 Å². The largest absolute Gasteiger partial charge is 0.396 e. The maximum Gasteiger partial charge on any atom is 0.150 e. The van der Waals surface area contributed by atoms with Gasteiger partial charge < -0.3 is 5.11 Å². The van der Waals surface area contributed by atoms with Crippen molar-refractivity contribution in [3.8, 4) is 0 Å². The van der Waals surface area contributed by atoms with E-state index in [4.69, 9.17) is 0 Å². The van der Waals surface area contributed by atoms with E-state index in [-0.39, 0.29) is 35.8 Å². The molecule has 1 saturated heterocycles. The second-order valence-electron chi connectivity index (χ2n) is 5.02. The number of hydrogen-bond donors (Lipinski definition) is 1. The molecule has 2 rings (SSSR count). The first kappa shape index (κ1) is 14.9.